The zero-order chi connectivity index (χ0) is 12.9. The van der Waals surface area contributed by atoms with E-state index in [2.05, 4.69) is 31.9 Å². The first kappa shape index (κ1) is 13.7. The summed E-state index contributed by atoms with van der Waals surface area (Å²) in [6.07, 6.45) is 0.747. The Morgan fingerprint density at radius 1 is 1.41 bits per heavy atom. The molecule has 92 valence electrons. The van der Waals surface area contributed by atoms with Gasteiger partial charge in [-0.25, -0.2) is 0 Å². The summed E-state index contributed by atoms with van der Waals surface area (Å²) < 4.78 is 40.8. The molecule has 0 bridgehead atoms. The first-order valence-corrected chi connectivity index (χ1v) is 5.44. The summed E-state index contributed by atoms with van der Waals surface area (Å²) >= 11 is 3.08. The van der Waals surface area contributed by atoms with Crippen LogP contribution >= 0.6 is 15.9 Å². The Hall–Kier alpha value is -1.35. The predicted octanol–water partition coefficient (Wildman–Crippen LogP) is 3.78. The fourth-order valence-corrected chi connectivity index (χ4v) is 1.46. The number of anilines is 1. The van der Waals surface area contributed by atoms with Gasteiger partial charge in [-0.3, -0.25) is 0 Å². The standard InChI is InChI=1S/C11H9BrF3NO/c1-2-3-6-16-9-5-4-8(12)7-10(9)17-11(13,14)15/h1,4-5,7,16H,3,6H2. The van der Waals surface area contributed by atoms with E-state index in [0.29, 0.717) is 17.4 Å². The lowest BCUT2D eigenvalue weighted by Crippen LogP contribution is -2.18. The number of hydrogen-bond acceptors (Lipinski definition) is 2. The molecule has 1 N–H and O–H groups in total. The van der Waals surface area contributed by atoms with Gasteiger partial charge in [0.25, 0.3) is 0 Å². The first-order valence-electron chi connectivity index (χ1n) is 4.65. The third kappa shape index (κ3) is 5.00. The fourth-order valence-electron chi connectivity index (χ4n) is 1.12. The monoisotopic (exact) mass is 307 g/mol. The smallest absolute Gasteiger partial charge is 0.404 e. The molecule has 0 radical (unpaired) electrons. The van der Waals surface area contributed by atoms with Crippen molar-refractivity contribution in [2.45, 2.75) is 12.8 Å². The summed E-state index contributed by atoms with van der Waals surface area (Å²) in [4.78, 5) is 0. The van der Waals surface area contributed by atoms with E-state index in [0.717, 1.165) is 0 Å². The normalized spacial score (nSPS) is 10.8. The van der Waals surface area contributed by atoms with Gasteiger partial charge < -0.3 is 10.1 Å². The van der Waals surface area contributed by atoms with Gasteiger partial charge in [0.15, 0.2) is 5.75 Å². The number of halogens is 4. The van der Waals surface area contributed by atoms with Crippen molar-refractivity contribution >= 4 is 21.6 Å². The lowest BCUT2D eigenvalue weighted by molar-refractivity contribution is -0.274. The van der Waals surface area contributed by atoms with Crippen molar-refractivity contribution < 1.29 is 17.9 Å². The predicted molar refractivity (Wildman–Crippen MR) is 62.8 cm³/mol. The van der Waals surface area contributed by atoms with Crippen LogP contribution in [-0.4, -0.2) is 12.9 Å². The van der Waals surface area contributed by atoms with Crippen LogP contribution < -0.4 is 10.1 Å². The van der Waals surface area contributed by atoms with Gasteiger partial charge in [0.05, 0.1) is 5.69 Å². The van der Waals surface area contributed by atoms with Crippen LogP contribution in [0.5, 0.6) is 5.75 Å². The number of rotatable bonds is 4. The van der Waals surface area contributed by atoms with E-state index < -0.39 is 6.36 Å². The summed E-state index contributed by atoms with van der Waals surface area (Å²) in [6.45, 7) is 0.381. The molecule has 0 aliphatic heterocycles. The highest BCUT2D eigenvalue weighted by atomic mass is 79.9. The lowest BCUT2D eigenvalue weighted by atomic mass is 10.3. The maximum atomic E-state index is 12.1. The van der Waals surface area contributed by atoms with E-state index in [9.17, 15) is 13.2 Å². The van der Waals surface area contributed by atoms with Crippen molar-refractivity contribution in [3.63, 3.8) is 0 Å². The average Bonchev–Trinajstić information content (AvgIpc) is 2.19. The number of alkyl halides is 3. The van der Waals surface area contributed by atoms with Crippen LogP contribution in [0.15, 0.2) is 22.7 Å². The van der Waals surface area contributed by atoms with Crippen LogP contribution in [0.25, 0.3) is 0 Å². The Kier molecular flexibility index (Phi) is 4.70. The van der Waals surface area contributed by atoms with Gasteiger partial charge in [-0.15, -0.1) is 25.5 Å². The molecular formula is C11H9BrF3NO. The van der Waals surface area contributed by atoms with Crippen molar-refractivity contribution in [3.8, 4) is 18.1 Å². The van der Waals surface area contributed by atoms with Gasteiger partial charge in [-0.2, -0.15) is 0 Å². The first-order chi connectivity index (χ1) is 7.92. The minimum atomic E-state index is -4.72. The lowest BCUT2D eigenvalue weighted by Gasteiger charge is -2.14. The highest BCUT2D eigenvalue weighted by molar-refractivity contribution is 9.10. The van der Waals surface area contributed by atoms with Gasteiger partial charge in [0.1, 0.15) is 0 Å². The Labute approximate surface area is 105 Å². The molecule has 0 spiro atoms. The van der Waals surface area contributed by atoms with Crippen molar-refractivity contribution in [1.29, 1.82) is 0 Å². The largest absolute Gasteiger partial charge is 0.573 e. The molecule has 0 aliphatic rings. The fraction of sp³-hybridized carbons (Fsp3) is 0.273. The highest BCUT2D eigenvalue weighted by Crippen LogP contribution is 2.32. The molecule has 0 saturated heterocycles. The molecule has 0 saturated carbocycles. The minimum Gasteiger partial charge on any atom is -0.404 e. The Morgan fingerprint density at radius 3 is 2.71 bits per heavy atom. The Morgan fingerprint density at radius 2 is 2.12 bits per heavy atom. The molecule has 0 fully saturated rings. The molecular weight excluding hydrogens is 299 g/mol. The zero-order valence-corrected chi connectivity index (χ0v) is 10.2. The van der Waals surface area contributed by atoms with Crippen molar-refractivity contribution in [1.82, 2.24) is 0 Å². The molecule has 0 unspecified atom stereocenters. The number of nitrogens with one attached hydrogen (secondary N) is 1. The molecule has 2 nitrogen and oxygen atoms in total. The van der Waals surface area contributed by atoms with E-state index in [-0.39, 0.29) is 11.4 Å². The van der Waals surface area contributed by atoms with Crippen LogP contribution in [0.3, 0.4) is 0 Å². The second kappa shape index (κ2) is 5.82. The number of terminal acetylenes is 1. The molecule has 17 heavy (non-hydrogen) atoms. The van der Waals surface area contributed by atoms with E-state index in [1.165, 1.54) is 12.1 Å². The molecule has 1 aromatic carbocycles. The van der Waals surface area contributed by atoms with Gasteiger partial charge in [0, 0.05) is 17.4 Å². The molecule has 1 rings (SSSR count). The molecule has 6 heteroatoms. The summed E-state index contributed by atoms with van der Waals surface area (Å²) in [7, 11) is 0. The van der Waals surface area contributed by atoms with Crippen LogP contribution in [0, 0.1) is 12.3 Å². The van der Waals surface area contributed by atoms with Crippen LogP contribution in [-0.2, 0) is 0 Å². The SMILES string of the molecule is C#CCCNc1ccc(Br)cc1OC(F)(F)F. The summed E-state index contributed by atoms with van der Waals surface area (Å²) in [5, 5.41) is 2.78. The molecule has 0 aromatic heterocycles. The van der Waals surface area contributed by atoms with Gasteiger partial charge in [0.2, 0.25) is 0 Å². The van der Waals surface area contributed by atoms with Crippen molar-refractivity contribution in [3.05, 3.63) is 22.7 Å². The topological polar surface area (TPSA) is 21.3 Å². The van der Waals surface area contributed by atoms with E-state index in [1.54, 1.807) is 6.07 Å². The van der Waals surface area contributed by atoms with Crippen molar-refractivity contribution in [2.75, 3.05) is 11.9 Å². The summed E-state index contributed by atoms with van der Waals surface area (Å²) in [5.74, 6) is 2.09. The number of benzene rings is 1. The van der Waals surface area contributed by atoms with Gasteiger partial charge in [-0.1, -0.05) is 15.9 Å². The quantitative estimate of drug-likeness (QED) is 0.675. The van der Waals surface area contributed by atoms with Gasteiger partial charge in [-0.05, 0) is 18.2 Å². The Balaban J connectivity index is 2.85. The molecule has 0 aliphatic carbocycles. The molecule has 0 heterocycles. The second-order valence-corrected chi connectivity index (χ2v) is 3.98. The molecule has 0 atom stereocenters. The van der Waals surface area contributed by atoms with Crippen LogP contribution in [0.1, 0.15) is 6.42 Å². The molecule has 1 aromatic rings. The van der Waals surface area contributed by atoms with E-state index in [1.807, 2.05) is 0 Å². The van der Waals surface area contributed by atoms with Crippen LogP contribution in [0.4, 0.5) is 18.9 Å². The summed E-state index contributed by atoms with van der Waals surface area (Å²) in [5.41, 5.74) is 0.251. The number of ether oxygens (including phenoxy) is 1. The third-order valence-electron chi connectivity index (χ3n) is 1.75. The highest BCUT2D eigenvalue weighted by Gasteiger charge is 2.32. The van der Waals surface area contributed by atoms with E-state index in [4.69, 9.17) is 6.42 Å². The van der Waals surface area contributed by atoms with Crippen LogP contribution in [0.2, 0.25) is 0 Å². The maximum Gasteiger partial charge on any atom is 0.573 e. The minimum absolute atomic E-state index is 0.251. The Bertz CT molecular complexity index is 426. The zero-order valence-electron chi connectivity index (χ0n) is 8.64. The van der Waals surface area contributed by atoms with E-state index >= 15 is 0 Å². The average molecular weight is 308 g/mol. The summed E-state index contributed by atoms with van der Waals surface area (Å²) in [6, 6.07) is 4.34. The number of hydrogen-bond donors (Lipinski definition) is 1. The molecule has 0 amide bonds. The second-order valence-electron chi connectivity index (χ2n) is 3.07. The third-order valence-corrected chi connectivity index (χ3v) is 2.25. The van der Waals surface area contributed by atoms with Gasteiger partial charge >= 0.3 is 6.36 Å². The van der Waals surface area contributed by atoms with Crippen molar-refractivity contribution in [2.24, 2.45) is 0 Å². The maximum absolute atomic E-state index is 12.1.